The average Bonchev–Trinajstić information content (AvgIpc) is 2.53. The second-order valence-electron chi connectivity index (χ2n) is 4.21. The highest BCUT2D eigenvalue weighted by Crippen LogP contribution is 2.21. The van der Waals surface area contributed by atoms with Crippen LogP contribution in [0.1, 0.15) is 24.8 Å². The van der Waals surface area contributed by atoms with E-state index in [0.717, 1.165) is 11.6 Å². The number of nitrogens with one attached hydrogen (secondary N) is 1. The molecule has 0 spiro atoms. The maximum absolute atomic E-state index is 4.44. The molecule has 0 radical (unpaired) electrons. The summed E-state index contributed by atoms with van der Waals surface area (Å²) in [5, 5.41) is 7.71. The number of hydrogen-bond acceptors (Lipinski definition) is 3. The fourth-order valence-corrected chi connectivity index (χ4v) is 1.78. The summed E-state index contributed by atoms with van der Waals surface area (Å²) in [5.41, 5.74) is 2.13. The molecule has 15 heavy (non-hydrogen) atoms. The number of anilines is 1. The summed E-state index contributed by atoms with van der Waals surface area (Å²) in [7, 11) is 0. The molecule has 0 aromatic carbocycles. The molecule has 2 heterocycles. The third-order valence-electron chi connectivity index (χ3n) is 2.93. The van der Waals surface area contributed by atoms with Crippen LogP contribution in [0.4, 0.5) is 5.95 Å². The van der Waals surface area contributed by atoms with Crippen molar-refractivity contribution in [2.45, 2.75) is 32.2 Å². The molecule has 1 saturated carbocycles. The lowest BCUT2D eigenvalue weighted by molar-refractivity contribution is 0.443. The van der Waals surface area contributed by atoms with Crippen molar-refractivity contribution in [2.24, 2.45) is 0 Å². The van der Waals surface area contributed by atoms with Gasteiger partial charge in [-0.25, -0.2) is 4.52 Å². The van der Waals surface area contributed by atoms with Crippen LogP contribution in [-0.4, -0.2) is 20.6 Å². The first-order valence-corrected chi connectivity index (χ1v) is 5.41. The van der Waals surface area contributed by atoms with Crippen molar-refractivity contribution < 1.29 is 0 Å². The molecule has 0 saturated heterocycles. The van der Waals surface area contributed by atoms with Gasteiger partial charge in [-0.1, -0.05) is 0 Å². The summed E-state index contributed by atoms with van der Waals surface area (Å²) in [4.78, 5) is 4.44. The van der Waals surface area contributed by atoms with Crippen molar-refractivity contribution in [1.82, 2.24) is 14.6 Å². The summed E-state index contributed by atoms with van der Waals surface area (Å²) in [6.45, 7) is 2.06. The topological polar surface area (TPSA) is 42.2 Å². The Morgan fingerprint density at radius 1 is 1.47 bits per heavy atom. The van der Waals surface area contributed by atoms with E-state index in [1.54, 1.807) is 0 Å². The predicted octanol–water partition coefficient (Wildman–Crippen LogP) is 2.00. The number of rotatable bonds is 2. The summed E-state index contributed by atoms with van der Waals surface area (Å²) >= 11 is 0. The minimum absolute atomic E-state index is 0.587. The van der Waals surface area contributed by atoms with Crippen LogP contribution in [-0.2, 0) is 0 Å². The van der Waals surface area contributed by atoms with Gasteiger partial charge in [-0.2, -0.15) is 4.98 Å². The Balaban J connectivity index is 1.91. The smallest absolute Gasteiger partial charge is 0.243 e. The third kappa shape index (κ3) is 1.56. The van der Waals surface area contributed by atoms with Gasteiger partial charge in [0, 0.05) is 12.2 Å². The summed E-state index contributed by atoms with van der Waals surface area (Å²) < 4.78 is 1.81. The van der Waals surface area contributed by atoms with Gasteiger partial charge < -0.3 is 5.32 Å². The SMILES string of the molecule is Cc1ccn2nc(NC3CCC3)nc2c1. The average molecular weight is 202 g/mol. The Bertz CT molecular complexity index is 484. The van der Waals surface area contributed by atoms with E-state index < -0.39 is 0 Å². The molecule has 78 valence electrons. The van der Waals surface area contributed by atoms with Gasteiger partial charge in [0.2, 0.25) is 5.95 Å². The molecule has 0 aliphatic heterocycles. The first kappa shape index (κ1) is 8.71. The second kappa shape index (κ2) is 3.22. The fraction of sp³-hybridized carbons (Fsp3) is 0.455. The molecule has 3 rings (SSSR count). The number of hydrogen-bond donors (Lipinski definition) is 1. The minimum Gasteiger partial charge on any atom is -0.350 e. The highest BCUT2D eigenvalue weighted by molar-refractivity contribution is 5.45. The molecule has 4 heteroatoms. The highest BCUT2D eigenvalue weighted by Gasteiger charge is 2.18. The van der Waals surface area contributed by atoms with Gasteiger partial charge in [0.15, 0.2) is 5.65 Å². The van der Waals surface area contributed by atoms with Crippen molar-refractivity contribution in [3.8, 4) is 0 Å². The largest absolute Gasteiger partial charge is 0.350 e. The molecular formula is C11H14N4. The van der Waals surface area contributed by atoms with E-state index >= 15 is 0 Å². The van der Waals surface area contributed by atoms with Gasteiger partial charge in [0.05, 0.1) is 0 Å². The lowest BCUT2D eigenvalue weighted by atomic mass is 9.93. The lowest BCUT2D eigenvalue weighted by Gasteiger charge is -2.25. The molecule has 1 fully saturated rings. The maximum Gasteiger partial charge on any atom is 0.243 e. The number of nitrogens with zero attached hydrogens (tertiary/aromatic N) is 3. The zero-order valence-corrected chi connectivity index (χ0v) is 8.77. The number of aryl methyl sites for hydroxylation is 1. The molecule has 0 amide bonds. The van der Waals surface area contributed by atoms with E-state index in [0.29, 0.717) is 6.04 Å². The molecule has 0 unspecified atom stereocenters. The van der Waals surface area contributed by atoms with Crippen LogP contribution in [0.25, 0.3) is 5.65 Å². The first-order valence-electron chi connectivity index (χ1n) is 5.41. The standard InChI is InChI=1S/C11H14N4/c1-8-5-6-15-10(7-8)13-11(14-15)12-9-3-2-4-9/h5-7,9H,2-4H2,1H3,(H,12,14). The summed E-state index contributed by atoms with van der Waals surface area (Å²) in [6.07, 6.45) is 5.76. The van der Waals surface area contributed by atoms with Crippen LogP contribution in [0, 0.1) is 6.92 Å². The van der Waals surface area contributed by atoms with Crippen LogP contribution >= 0.6 is 0 Å². The normalized spacial score (nSPS) is 16.6. The van der Waals surface area contributed by atoms with Crippen molar-refractivity contribution in [2.75, 3.05) is 5.32 Å². The molecule has 0 bridgehead atoms. The van der Waals surface area contributed by atoms with Crippen molar-refractivity contribution in [3.63, 3.8) is 0 Å². The van der Waals surface area contributed by atoms with Crippen molar-refractivity contribution >= 4 is 11.6 Å². The van der Waals surface area contributed by atoms with Crippen LogP contribution in [0.5, 0.6) is 0 Å². The number of pyridine rings is 1. The molecule has 1 aliphatic rings. The van der Waals surface area contributed by atoms with Gasteiger partial charge in [0.1, 0.15) is 0 Å². The Kier molecular flexibility index (Phi) is 1.87. The Morgan fingerprint density at radius 3 is 3.07 bits per heavy atom. The van der Waals surface area contributed by atoms with Gasteiger partial charge >= 0.3 is 0 Å². The van der Waals surface area contributed by atoms with Crippen LogP contribution in [0.3, 0.4) is 0 Å². The maximum atomic E-state index is 4.44. The van der Waals surface area contributed by atoms with Crippen LogP contribution < -0.4 is 5.32 Å². The predicted molar refractivity (Wildman–Crippen MR) is 59.0 cm³/mol. The van der Waals surface area contributed by atoms with E-state index in [2.05, 4.69) is 22.3 Å². The molecule has 0 atom stereocenters. The molecule has 1 N–H and O–H groups in total. The summed E-state index contributed by atoms with van der Waals surface area (Å²) in [6, 6.07) is 4.66. The van der Waals surface area contributed by atoms with E-state index in [4.69, 9.17) is 0 Å². The van der Waals surface area contributed by atoms with Crippen molar-refractivity contribution in [3.05, 3.63) is 23.9 Å². The first-order chi connectivity index (χ1) is 7.31. The van der Waals surface area contributed by atoms with Crippen LogP contribution in [0.15, 0.2) is 18.3 Å². The van der Waals surface area contributed by atoms with Gasteiger partial charge in [0.25, 0.3) is 0 Å². The fourth-order valence-electron chi connectivity index (χ4n) is 1.78. The monoisotopic (exact) mass is 202 g/mol. The molecule has 2 aromatic rings. The third-order valence-corrected chi connectivity index (χ3v) is 2.93. The van der Waals surface area contributed by atoms with E-state index in [-0.39, 0.29) is 0 Å². The molecule has 1 aliphatic carbocycles. The van der Waals surface area contributed by atoms with Crippen LogP contribution in [0.2, 0.25) is 0 Å². The molecule has 4 nitrogen and oxygen atoms in total. The van der Waals surface area contributed by atoms with Crippen molar-refractivity contribution in [1.29, 1.82) is 0 Å². The second-order valence-corrected chi connectivity index (χ2v) is 4.21. The van der Waals surface area contributed by atoms with E-state index in [1.165, 1.54) is 24.8 Å². The number of aromatic nitrogens is 3. The van der Waals surface area contributed by atoms with Gasteiger partial charge in [-0.15, -0.1) is 5.10 Å². The Hall–Kier alpha value is -1.58. The molecular weight excluding hydrogens is 188 g/mol. The van der Waals surface area contributed by atoms with Gasteiger partial charge in [-0.05, 0) is 43.9 Å². The quantitative estimate of drug-likeness (QED) is 0.810. The minimum atomic E-state index is 0.587. The summed E-state index contributed by atoms with van der Waals surface area (Å²) in [5.74, 6) is 0.755. The van der Waals surface area contributed by atoms with Gasteiger partial charge in [-0.3, -0.25) is 0 Å². The molecule has 2 aromatic heterocycles. The Labute approximate surface area is 88.3 Å². The highest BCUT2D eigenvalue weighted by atomic mass is 15.3. The zero-order valence-electron chi connectivity index (χ0n) is 8.77. The Morgan fingerprint density at radius 2 is 2.33 bits per heavy atom. The lowest BCUT2D eigenvalue weighted by Crippen LogP contribution is -2.27. The van der Waals surface area contributed by atoms with E-state index in [1.807, 2.05) is 22.8 Å². The number of fused-ring (bicyclic) bond motifs is 1. The zero-order chi connectivity index (χ0) is 10.3. The van der Waals surface area contributed by atoms with E-state index in [9.17, 15) is 0 Å².